The number of benzene rings is 2. The van der Waals surface area contributed by atoms with E-state index in [9.17, 15) is 14.8 Å². The third kappa shape index (κ3) is 3.85. The van der Waals surface area contributed by atoms with Gasteiger partial charge in [0.25, 0.3) is 11.8 Å². The van der Waals surface area contributed by atoms with Crippen LogP contribution in [0.5, 0.6) is 5.75 Å². The van der Waals surface area contributed by atoms with Crippen molar-refractivity contribution in [2.24, 2.45) is 0 Å². The number of imide groups is 1. The van der Waals surface area contributed by atoms with E-state index in [1.165, 1.54) is 11.3 Å². The number of amides is 2. The van der Waals surface area contributed by atoms with Crippen LogP contribution in [0.3, 0.4) is 0 Å². The molecule has 1 aliphatic rings. The molecule has 1 aliphatic heterocycles. The molecule has 2 N–H and O–H groups in total. The van der Waals surface area contributed by atoms with E-state index in [2.05, 4.69) is 5.32 Å². The Morgan fingerprint density at radius 2 is 1.93 bits per heavy atom. The van der Waals surface area contributed by atoms with Crippen molar-refractivity contribution in [1.29, 1.82) is 0 Å². The van der Waals surface area contributed by atoms with Crippen molar-refractivity contribution >= 4 is 40.5 Å². The third-order valence-electron chi connectivity index (χ3n) is 4.94. The van der Waals surface area contributed by atoms with Crippen LogP contribution in [0.2, 0.25) is 0 Å². The highest BCUT2D eigenvalue weighted by Crippen LogP contribution is 2.28. The Morgan fingerprint density at radius 3 is 2.63 bits per heavy atom. The van der Waals surface area contributed by atoms with Crippen LogP contribution in [0.4, 0.5) is 5.69 Å². The van der Waals surface area contributed by atoms with Crippen LogP contribution >= 0.6 is 11.3 Å². The van der Waals surface area contributed by atoms with Crippen molar-refractivity contribution in [2.75, 3.05) is 19.0 Å². The van der Waals surface area contributed by atoms with Gasteiger partial charge in [0.05, 0.1) is 12.7 Å². The topological polar surface area (TPSA) is 78.9 Å². The fourth-order valence-corrected chi connectivity index (χ4v) is 4.08. The minimum absolute atomic E-state index is 0.206. The lowest BCUT2D eigenvalue weighted by Crippen LogP contribution is -2.35. The molecule has 0 saturated heterocycles. The van der Waals surface area contributed by atoms with Crippen LogP contribution in [0.25, 0.3) is 11.6 Å². The predicted molar refractivity (Wildman–Crippen MR) is 117 cm³/mol. The molecule has 0 spiro atoms. The predicted octanol–water partition coefficient (Wildman–Crippen LogP) is 4.32. The number of carbonyl (C=O) groups is 2. The zero-order valence-corrected chi connectivity index (χ0v) is 17.1. The number of nitrogens with one attached hydrogen (secondary N) is 1. The summed E-state index contributed by atoms with van der Waals surface area (Å²) in [5, 5.41) is 15.9. The van der Waals surface area contributed by atoms with E-state index in [0.29, 0.717) is 29.8 Å². The van der Waals surface area contributed by atoms with Gasteiger partial charge in [0.15, 0.2) is 0 Å². The van der Waals surface area contributed by atoms with E-state index in [-0.39, 0.29) is 10.6 Å². The number of nitrogens with zero attached hydrogens (tertiary/aromatic N) is 1. The molecule has 6 nitrogen and oxygen atoms in total. The van der Waals surface area contributed by atoms with E-state index in [4.69, 9.17) is 4.74 Å². The molecule has 2 amide bonds. The molecule has 0 bridgehead atoms. The van der Waals surface area contributed by atoms with Crippen LogP contribution < -0.4 is 10.1 Å². The number of thiophene rings is 1. The van der Waals surface area contributed by atoms with Crippen molar-refractivity contribution in [3.63, 3.8) is 0 Å². The molecule has 2 heterocycles. The zero-order chi connectivity index (χ0) is 21.1. The molecule has 30 heavy (non-hydrogen) atoms. The van der Waals surface area contributed by atoms with Gasteiger partial charge in [-0.15, -0.1) is 16.4 Å². The van der Waals surface area contributed by atoms with Gasteiger partial charge in [0, 0.05) is 22.7 Å². The first-order valence-corrected chi connectivity index (χ1v) is 10.3. The maximum atomic E-state index is 13.2. The molecule has 0 saturated carbocycles. The van der Waals surface area contributed by atoms with Crippen LogP contribution in [-0.4, -0.2) is 35.7 Å². The highest BCUT2D eigenvalue weighted by Gasteiger charge is 2.28. The second-order valence-electron chi connectivity index (χ2n) is 6.73. The van der Waals surface area contributed by atoms with Gasteiger partial charge in [-0.1, -0.05) is 24.3 Å². The molecule has 0 fully saturated rings. The second-order valence-corrected chi connectivity index (χ2v) is 7.71. The standard InChI is InChI=1S/C23H20N2O4S/c1-29-16-9-7-15(8-10-16)20(14-17-4-3-13-30-17)23(27)25(28)22(26)19-5-2-6-21-18(19)11-12-24-21/h2-10,13-14,24,28H,11-12H2,1H3. The molecular formula is C23H20N2O4S. The summed E-state index contributed by atoms with van der Waals surface area (Å²) >= 11 is 1.46. The second kappa shape index (κ2) is 8.52. The van der Waals surface area contributed by atoms with E-state index >= 15 is 0 Å². The summed E-state index contributed by atoms with van der Waals surface area (Å²) in [7, 11) is 1.56. The van der Waals surface area contributed by atoms with Crippen LogP contribution in [-0.2, 0) is 11.2 Å². The van der Waals surface area contributed by atoms with Crippen molar-refractivity contribution < 1.29 is 19.5 Å². The molecular weight excluding hydrogens is 400 g/mol. The van der Waals surface area contributed by atoms with Crippen molar-refractivity contribution in [1.82, 2.24) is 5.06 Å². The molecule has 0 unspecified atom stereocenters. The maximum Gasteiger partial charge on any atom is 0.285 e. The summed E-state index contributed by atoms with van der Waals surface area (Å²) in [5.74, 6) is -0.890. The lowest BCUT2D eigenvalue weighted by Gasteiger charge is -2.17. The highest BCUT2D eigenvalue weighted by atomic mass is 32.1. The number of hydrogen-bond donors (Lipinski definition) is 2. The van der Waals surface area contributed by atoms with Gasteiger partial charge < -0.3 is 10.1 Å². The number of hydrogen-bond acceptors (Lipinski definition) is 6. The molecule has 4 rings (SSSR count). The maximum absolute atomic E-state index is 13.2. The summed E-state index contributed by atoms with van der Waals surface area (Å²) in [6, 6.07) is 15.9. The van der Waals surface area contributed by atoms with E-state index in [1.54, 1.807) is 49.6 Å². The van der Waals surface area contributed by atoms with Gasteiger partial charge in [-0.05, 0) is 59.3 Å². The largest absolute Gasteiger partial charge is 0.497 e. The van der Waals surface area contributed by atoms with Gasteiger partial charge in [0.2, 0.25) is 0 Å². The van der Waals surface area contributed by atoms with Gasteiger partial charge in [-0.2, -0.15) is 0 Å². The van der Waals surface area contributed by atoms with E-state index < -0.39 is 11.8 Å². The van der Waals surface area contributed by atoms with E-state index in [0.717, 1.165) is 16.1 Å². The van der Waals surface area contributed by atoms with Gasteiger partial charge in [-0.3, -0.25) is 14.8 Å². The number of hydroxylamine groups is 2. The van der Waals surface area contributed by atoms with Gasteiger partial charge >= 0.3 is 0 Å². The van der Waals surface area contributed by atoms with Gasteiger partial charge in [0.1, 0.15) is 5.75 Å². The number of rotatable bonds is 5. The lowest BCUT2D eigenvalue weighted by molar-refractivity contribution is -0.146. The Balaban J connectivity index is 1.69. The van der Waals surface area contributed by atoms with Gasteiger partial charge in [-0.25, -0.2) is 0 Å². The zero-order valence-electron chi connectivity index (χ0n) is 16.3. The summed E-state index contributed by atoms with van der Waals surface area (Å²) in [6.45, 7) is 0.717. The molecule has 1 aromatic heterocycles. The summed E-state index contributed by atoms with van der Waals surface area (Å²) in [5.41, 5.74) is 2.76. The monoisotopic (exact) mass is 420 g/mol. The Morgan fingerprint density at radius 1 is 1.13 bits per heavy atom. The Labute approximate surface area is 178 Å². The SMILES string of the molecule is COc1ccc(C(=Cc2cccs2)C(=O)N(O)C(=O)c2cccc3c2CCN3)cc1. The summed E-state index contributed by atoms with van der Waals surface area (Å²) in [6.07, 6.45) is 2.33. The average molecular weight is 420 g/mol. The first-order valence-electron chi connectivity index (χ1n) is 9.41. The summed E-state index contributed by atoms with van der Waals surface area (Å²) < 4.78 is 5.18. The van der Waals surface area contributed by atoms with Crippen molar-refractivity contribution in [3.05, 3.63) is 81.5 Å². The smallest absolute Gasteiger partial charge is 0.285 e. The third-order valence-corrected chi connectivity index (χ3v) is 5.76. The molecule has 0 radical (unpaired) electrons. The Hall–Kier alpha value is -3.42. The Kier molecular flexibility index (Phi) is 5.65. The molecule has 152 valence electrons. The van der Waals surface area contributed by atoms with Crippen molar-refractivity contribution in [2.45, 2.75) is 6.42 Å². The minimum atomic E-state index is -0.790. The number of methoxy groups -OCH3 is 1. The number of anilines is 1. The fraction of sp³-hybridized carbons (Fsp3) is 0.130. The average Bonchev–Trinajstić information content (AvgIpc) is 3.47. The first-order chi connectivity index (χ1) is 14.6. The van der Waals surface area contributed by atoms with Crippen LogP contribution in [0.15, 0.2) is 60.0 Å². The number of carbonyl (C=O) groups excluding carboxylic acids is 2. The quantitative estimate of drug-likeness (QED) is 0.365. The first kappa shape index (κ1) is 19.9. The number of ether oxygens (including phenoxy) is 1. The molecule has 0 aliphatic carbocycles. The molecule has 7 heteroatoms. The highest BCUT2D eigenvalue weighted by molar-refractivity contribution is 7.11. The normalized spacial score (nSPS) is 12.8. The lowest BCUT2D eigenvalue weighted by atomic mass is 10.0. The summed E-state index contributed by atoms with van der Waals surface area (Å²) in [4.78, 5) is 27.0. The number of fused-ring (bicyclic) bond motifs is 1. The fourth-order valence-electron chi connectivity index (χ4n) is 3.42. The molecule has 2 aromatic carbocycles. The van der Waals surface area contributed by atoms with E-state index in [1.807, 2.05) is 23.6 Å². The van der Waals surface area contributed by atoms with Crippen LogP contribution in [0.1, 0.15) is 26.4 Å². The minimum Gasteiger partial charge on any atom is -0.497 e. The Bertz CT molecular complexity index is 1100. The molecule has 3 aromatic rings. The molecule has 0 atom stereocenters. The van der Waals surface area contributed by atoms with Crippen molar-refractivity contribution in [3.8, 4) is 5.75 Å². The van der Waals surface area contributed by atoms with Crippen LogP contribution in [0, 0.1) is 0 Å².